The first-order valence-corrected chi connectivity index (χ1v) is 6.86. The number of unbranched alkanes of at least 4 members (excludes halogenated alkanes) is 2. The van der Waals surface area contributed by atoms with Crippen molar-refractivity contribution in [3.63, 3.8) is 0 Å². The smallest absolute Gasteiger partial charge is 0.303 e. The summed E-state index contributed by atoms with van der Waals surface area (Å²) in [7, 11) is 0. The van der Waals surface area contributed by atoms with Gasteiger partial charge < -0.3 is 10.4 Å². The number of carbonyl (C=O) groups is 2. The van der Waals surface area contributed by atoms with Crippen LogP contribution in [-0.4, -0.2) is 35.0 Å². The van der Waals surface area contributed by atoms with Crippen LogP contribution >= 0.6 is 11.8 Å². The van der Waals surface area contributed by atoms with Crippen LogP contribution in [-0.2, 0) is 9.59 Å². The average Bonchev–Trinajstić information content (AvgIpc) is 2.22. The van der Waals surface area contributed by atoms with Gasteiger partial charge in [-0.25, -0.2) is 0 Å². The number of amides is 1. The minimum atomic E-state index is -0.752. The van der Waals surface area contributed by atoms with Crippen LogP contribution in [0.25, 0.3) is 0 Å². The summed E-state index contributed by atoms with van der Waals surface area (Å²) in [5, 5.41) is 11.6. The maximum absolute atomic E-state index is 11.3. The molecule has 0 rings (SSSR count). The van der Waals surface area contributed by atoms with Crippen LogP contribution < -0.4 is 5.32 Å². The number of thioether (sulfide) groups is 1. The van der Waals surface area contributed by atoms with Crippen molar-refractivity contribution in [2.24, 2.45) is 0 Å². The monoisotopic (exact) mass is 247 g/mol. The van der Waals surface area contributed by atoms with Gasteiger partial charge in [0.25, 0.3) is 0 Å². The van der Waals surface area contributed by atoms with E-state index in [1.54, 1.807) is 11.8 Å². The molecule has 16 heavy (non-hydrogen) atoms. The van der Waals surface area contributed by atoms with Gasteiger partial charge in [0.2, 0.25) is 5.91 Å². The van der Waals surface area contributed by atoms with Gasteiger partial charge in [-0.15, -0.1) is 0 Å². The Labute approximate surface area is 101 Å². The lowest BCUT2D eigenvalue weighted by atomic mass is 10.2. The standard InChI is InChI=1S/C11H21NO3S/c1-9(16-2)8-10(13)12-7-5-3-4-6-11(14)15/h9H,3-8H2,1-2H3,(H,12,13)(H,14,15). The highest BCUT2D eigenvalue weighted by Crippen LogP contribution is 2.08. The van der Waals surface area contributed by atoms with Gasteiger partial charge in [0, 0.05) is 24.6 Å². The fraction of sp³-hybridized carbons (Fsp3) is 0.818. The molecule has 0 aliphatic heterocycles. The lowest BCUT2D eigenvalue weighted by Gasteiger charge is -2.08. The van der Waals surface area contributed by atoms with Crippen LogP contribution in [0.4, 0.5) is 0 Å². The molecule has 0 aromatic heterocycles. The van der Waals surface area contributed by atoms with Gasteiger partial charge in [0.1, 0.15) is 0 Å². The van der Waals surface area contributed by atoms with E-state index < -0.39 is 5.97 Å². The van der Waals surface area contributed by atoms with E-state index in [4.69, 9.17) is 5.11 Å². The van der Waals surface area contributed by atoms with E-state index in [-0.39, 0.29) is 12.3 Å². The number of hydrogen-bond acceptors (Lipinski definition) is 3. The largest absolute Gasteiger partial charge is 0.481 e. The summed E-state index contributed by atoms with van der Waals surface area (Å²) >= 11 is 1.68. The molecule has 1 atom stereocenters. The minimum absolute atomic E-state index is 0.0834. The van der Waals surface area contributed by atoms with Crippen molar-refractivity contribution in [1.29, 1.82) is 0 Å². The normalized spacial score (nSPS) is 12.1. The molecule has 0 fully saturated rings. The van der Waals surface area contributed by atoms with Gasteiger partial charge in [-0.3, -0.25) is 9.59 Å². The molecule has 0 aliphatic carbocycles. The topological polar surface area (TPSA) is 66.4 Å². The number of carboxylic acid groups (broad SMARTS) is 1. The molecule has 0 saturated carbocycles. The van der Waals surface area contributed by atoms with Gasteiger partial charge in [-0.05, 0) is 19.1 Å². The van der Waals surface area contributed by atoms with Gasteiger partial charge >= 0.3 is 5.97 Å². The zero-order valence-corrected chi connectivity index (χ0v) is 10.8. The first-order valence-electron chi connectivity index (χ1n) is 5.57. The fourth-order valence-corrected chi connectivity index (χ4v) is 1.54. The quantitative estimate of drug-likeness (QED) is 0.611. The molecule has 5 heteroatoms. The van der Waals surface area contributed by atoms with Crippen molar-refractivity contribution in [2.75, 3.05) is 12.8 Å². The van der Waals surface area contributed by atoms with Crippen molar-refractivity contribution in [1.82, 2.24) is 5.32 Å². The predicted octanol–water partition coefficient (Wildman–Crippen LogP) is 1.89. The number of rotatable bonds is 9. The Morgan fingerprint density at radius 3 is 2.56 bits per heavy atom. The summed E-state index contributed by atoms with van der Waals surface area (Å²) in [6.45, 7) is 2.68. The van der Waals surface area contributed by atoms with E-state index in [0.29, 0.717) is 24.6 Å². The number of aliphatic carboxylic acids is 1. The molecule has 0 aliphatic rings. The molecular formula is C11H21NO3S. The summed E-state index contributed by atoms with van der Waals surface area (Å²) in [5.74, 6) is -0.669. The van der Waals surface area contributed by atoms with E-state index in [2.05, 4.69) is 5.32 Å². The van der Waals surface area contributed by atoms with E-state index >= 15 is 0 Å². The van der Waals surface area contributed by atoms with Gasteiger partial charge in [0.05, 0.1) is 0 Å². The van der Waals surface area contributed by atoms with Crippen molar-refractivity contribution in [2.45, 2.75) is 44.3 Å². The molecule has 0 heterocycles. The van der Waals surface area contributed by atoms with Crippen LogP contribution in [0.3, 0.4) is 0 Å². The molecule has 94 valence electrons. The summed E-state index contributed by atoms with van der Waals surface area (Å²) < 4.78 is 0. The minimum Gasteiger partial charge on any atom is -0.481 e. The average molecular weight is 247 g/mol. The summed E-state index contributed by atoms with van der Waals surface area (Å²) in [6, 6.07) is 0. The number of carboxylic acids is 1. The first-order chi connectivity index (χ1) is 7.56. The molecule has 0 radical (unpaired) electrons. The van der Waals surface area contributed by atoms with E-state index in [1.165, 1.54) is 0 Å². The van der Waals surface area contributed by atoms with Gasteiger partial charge in [-0.2, -0.15) is 11.8 Å². The van der Waals surface area contributed by atoms with Crippen LogP contribution in [0, 0.1) is 0 Å². The lowest BCUT2D eigenvalue weighted by molar-refractivity contribution is -0.137. The van der Waals surface area contributed by atoms with Crippen molar-refractivity contribution in [3.8, 4) is 0 Å². The molecule has 0 aromatic carbocycles. The molecule has 0 saturated heterocycles. The number of nitrogens with one attached hydrogen (secondary N) is 1. The highest BCUT2D eigenvalue weighted by Gasteiger charge is 2.06. The highest BCUT2D eigenvalue weighted by molar-refractivity contribution is 7.99. The van der Waals surface area contributed by atoms with E-state index in [1.807, 2.05) is 13.2 Å². The molecule has 2 N–H and O–H groups in total. The van der Waals surface area contributed by atoms with Crippen LogP contribution in [0.1, 0.15) is 39.0 Å². The maximum Gasteiger partial charge on any atom is 0.303 e. The molecule has 0 aromatic rings. The Morgan fingerprint density at radius 1 is 1.31 bits per heavy atom. The molecule has 4 nitrogen and oxygen atoms in total. The molecule has 0 spiro atoms. The molecular weight excluding hydrogens is 226 g/mol. The third kappa shape index (κ3) is 9.83. The Hall–Kier alpha value is -0.710. The van der Waals surface area contributed by atoms with Crippen molar-refractivity contribution >= 4 is 23.6 Å². The predicted molar refractivity (Wildman–Crippen MR) is 66.7 cm³/mol. The van der Waals surface area contributed by atoms with Gasteiger partial charge in [-0.1, -0.05) is 13.3 Å². The molecule has 0 bridgehead atoms. The third-order valence-corrected chi connectivity index (χ3v) is 3.24. The Morgan fingerprint density at radius 2 is 2.00 bits per heavy atom. The van der Waals surface area contributed by atoms with E-state index in [9.17, 15) is 9.59 Å². The molecule has 1 unspecified atom stereocenters. The number of carbonyl (C=O) groups excluding carboxylic acids is 1. The second kappa shape index (κ2) is 9.51. The Bertz CT molecular complexity index is 221. The van der Waals surface area contributed by atoms with Crippen molar-refractivity contribution in [3.05, 3.63) is 0 Å². The van der Waals surface area contributed by atoms with E-state index in [0.717, 1.165) is 12.8 Å². The SMILES string of the molecule is CSC(C)CC(=O)NCCCCCC(=O)O. The van der Waals surface area contributed by atoms with Crippen LogP contribution in [0.2, 0.25) is 0 Å². The number of hydrogen-bond donors (Lipinski definition) is 2. The van der Waals surface area contributed by atoms with Crippen molar-refractivity contribution < 1.29 is 14.7 Å². The Kier molecular flexibility index (Phi) is 9.09. The van der Waals surface area contributed by atoms with Gasteiger partial charge in [0.15, 0.2) is 0 Å². The lowest BCUT2D eigenvalue weighted by Crippen LogP contribution is -2.26. The Balaban J connectivity index is 3.31. The van der Waals surface area contributed by atoms with Crippen LogP contribution in [0.15, 0.2) is 0 Å². The summed E-state index contributed by atoms with van der Waals surface area (Å²) in [6.07, 6.45) is 5.15. The van der Waals surface area contributed by atoms with Crippen LogP contribution in [0.5, 0.6) is 0 Å². The summed E-state index contributed by atoms with van der Waals surface area (Å²) in [5.41, 5.74) is 0. The highest BCUT2D eigenvalue weighted by atomic mass is 32.2. The second-order valence-electron chi connectivity index (χ2n) is 3.80. The zero-order valence-electron chi connectivity index (χ0n) is 9.99. The summed E-state index contributed by atoms with van der Waals surface area (Å²) in [4.78, 5) is 21.6. The first kappa shape index (κ1) is 15.3. The molecule has 1 amide bonds. The maximum atomic E-state index is 11.3. The second-order valence-corrected chi connectivity index (χ2v) is 5.08. The third-order valence-electron chi connectivity index (χ3n) is 2.26. The fourth-order valence-electron chi connectivity index (χ4n) is 1.22. The zero-order chi connectivity index (χ0) is 12.4.